The lowest BCUT2D eigenvalue weighted by Crippen LogP contribution is -2.41. The van der Waals surface area contributed by atoms with E-state index in [-0.39, 0.29) is 15.2 Å². The third kappa shape index (κ3) is 4.82. The highest BCUT2D eigenvalue weighted by molar-refractivity contribution is 7.20. The van der Waals surface area contributed by atoms with E-state index in [2.05, 4.69) is 15.8 Å². The minimum atomic E-state index is -4.83. The summed E-state index contributed by atoms with van der Waals surface area (Å²) in [7, 11) is 0. The van der Waals surface area contributed by atoms with Crippen molar-refractivity contribution in [1.82, 2.24) is 15.8 Å². The van der Waals surface area contributed by atoms with Crippen molar-refractivity contribution in [2.24, 2.45) is 0 Å². The number of nitro groups is 1. The number of thiazole rings is 1. The number of rotatable bonds is 4. The van der Waals surface area contributed by atoms with Gasteiger partial charge in [0.15, 0.2) is 5.01 Å². The molecule has 0 aliphatic rings. The molecule has 0 aliphatic carbocycles. The molecule has 2 amide bonds. The van der Waals surface area contributed by atoms with Gasteiger partial charge >= 0.3 is 6.18 Å². The number of non-ortho nitro benzene ring substituents is 1. The van der Waals surface area contributed by atoms with Crippen molar-refractivity contribution in [2.75, 3.05) is 0 Å². The van der Waals surface area contributed by atoms with Crippen LogP contribution in [0.25, 0.3) is 21.3 Å². The first kappa shape index (κ1) is 23.8. The maximum atomic E-state index is 13.1. The molecule has 0 atom stereocenters. The zero-order valence-corrected chi connectivity index (χ0v) is 18.7. The van der Waals surface area contributed by atoms with Gasteiger partial charge in [0, 0.05) is 11.6 Å². The minimum absolute atomic E-state index is 0.189. The molecule has 8 nitrogen and oxygen atoms in total. The number of hydrogen-bond donors (Lipinski definition) is 2. The molecule has 12 heteroatoms. The topological polar surface area (TPSA) is 114 Å². The van der Waals surface area contributed by atoms with Crippen LogP contribution in [0.1, 0.15) is 31.3 Å². The van der Waals surface area contributed by atoms with Crippen LogP contribution in [0, 0.1) is 17.0 Å². The van der Waals surface area contributed by atoms with Crippen LogP contribution in [0.5, 0.6) is 0 Å². The first-order chi connectivity index (χ1) is 16.6. The van der Waals surface area contributed by atoms with Crippen molar-refractivity contribution < 1.29 is 27.7 Å². The number of amides is 2. The van der Waals surface area contributed by atoms with E-state index in [4.69, 9.17) is 0 Å². The molecule has 0 bridgehead atoms. The average molecular weight is 500 g/mol. The van der Waals surface area contributed by atoms with Crippen molar-refractivity contribution in [3.05, 3.63) is 92.5 Å². The highest BCUT2D eigenvalue weighted by Crippen LogP contribution is 2.38. The fourth-order valence-electron chi connectivity index (χ4n) is 3.46. The summed E-state index contributed by atoms with van der Waals surface area (Å²) < 4.78 is 39.1. The summed E-state index contributed by atoms with van der Waals surface area (Å²) in [5.41, 5.74) is 4.67. The van der Waals surface area contributed by atoms with Gasteiger partial charge in [-0.2, -0.15) is 13.2 Å². The molecule has 0 aliphatic heterocycles. The van der Waals surface area contributed by atoms with Gasteiger partial charge in [0.25, 0.3) is 17.5 Å². The minimum Gasteiger partial charge on any atom is -0.267 e. The number of alkyl halides is 3. The Balaban J connectivity index is 1.56. The number of nitro benzene ring substituents is 1. The maximum Gasteiger partial charge on any atom is 0.416 e. The van der Waals surface area contributed by atoms with Gasteiger partial charge in [0.05, 0.1) is 16.0 Å². The number of hydrazine groups is 1. The van der Waals surface area contributed by atoms with Gasteiger partial charge in [0.2, 0.25) is 0 Å². The van der Waals surface area contributed by atoms with Gasteiger partial charge in [0.1, 0.15) is 4.70 Å². The molecule has 1 aromatic heterocycles. The highest BCUT2D eigenvalue weighted by atomic mass is 32.1. The second-order valence-electron chi connectivity index (χ2n) is 7.37. The standard InChI is InChI=1S/C23H15F3N4O4S/c1-12-15(13-6-3-2-4-7-13)8-5-9-16(12)20(31)28-29-21(32)22-27-17-10-14(23(24,25)26)11-18(30(33)34)19(17)35-22/h2-11H,1H3,(H,28,31)(H,29,32). The van der Waals surface area contributed by atoms with Crippen LogP contribution in [0.2, 0.25) is 0 Å². The summed E-state index contributed by atoms with van der Waals surface area (Å²) >= 11 is 0.547. The van der Waals surface area contributed by atoms with E-state index < -0.39 is 34.2 Å². The largest absolute Gasteiger partial charge is 0.416 e. The lowest BCUT2D eigenvalue weighted by molar-refractivity contribution is -0.383. The Morgan fingerprint density at radius 1 is 1.00 bits per heavy atom. The van der Waals surface area contributed by atoms with Gasteiger partial charge in [-0.3, -0.25) is 30.6 Å². The molecule has 35 heavy (non-hydrogen) atoms. The summed E-state index contributed by atoms with van der Waals surface area (Å²) in [5, 5.41) is 10.9. The van der Waals surface area contributed by atoms with Crippen LogP contribution < -0.4 is 10.9 Å². The molecular formula is C23H15F3N4O4S. The third-order valence-electron chi connectivity index (χ3n) is 5.14. The number of nitrogens with zero attached hydrogens (tertiary/aromatic N) is 2. The van der Waals surface area contributed by atoms with Crippen LogP contribution >= 0.6 is 11.3 Å². The summed E-state index contributed by atoms with van der Waals surface area (Å²) in [6.45, 7) is 1.75. The number of nitrogens with one attached hydrogen (secondary N) is 2. The summed E-state index contributed by atoms with van der Waals surface area (Å²) in [6.07, 6.45) is -4.83. The van der Waals surface area contributed by atoms with E-state index in [0.717, 1.165) is 11.1 Å². The smallest absolute Gasteiger partial charge is 0.267 e. The predicted octanol–water partition coefficient (Wildman–Crippen LogP) is 5.27. The Morgan fingerprint density at radius 2 is 1.69 bits per heavy atom. The molecule has 178 valence electrons. The monoisotopic (exact) mass is 500 g/mol. The van der Waals surface area contributed by atoms with E-state index in [0.29, 0.717) is 34.6 Å². The molecule has 2 N–H and O–H groups in total. The molecule has 0 fully saturated rings. The molecule has 4 aromatic rings. The Labute approximate surface area is 199 Å². The molecule has 4 rings (SSSR count). The quantitative estimate of drug-likeness (QED) is 0.293. The van der Waals surface area contributed by atoms with Crippen LogP contribution in [-0.4, -0.2) is 21.7 Å². The van der Waals surface area contributed by atoms with E-state index in [1.54, 1.807) is 19.1 Å². The molecule has 0 radical (unpaired) electrons. The third-order valence-corrected chi connectivity index (χ3v) is 6.23. The van der Waals surface area contributed by atoms with E-state index in [1.807, 2.05) is 36.4 Å². The summed E-state index contributed by atoms with van der Waals surface area (Å²) in [4.78, 5) is 39.3. The molecule has 0 saturated carbocycles. The number of carbonyl (C=O) groups is 2. The van der Waals surface area contributed by atoms with E-state index >= 15 is 0 Å². The molecule has 3 aromatic carbocycles. The number of aromatic nitrogens is 1. The first-order valence-electron chi connectivity index (χ1n) is 9.98. The fourth-order valence-corrected chi connectivity index (χ4v) is 4.39. The molecule has 0 unspecified atom stereocenters. The van der Waals surface area contributed by atoms with Crippen molar-refractivity contribution in [3.8, 4) is 11.1 Å². The van der Waals surface area contributed by atoms with E-state index in [9.17, 15) is 32.9 Å². The number of hydrogen-bond acceptors (Lipinski definition) is 6. The molecule has 1 heterocycles. The fraction of sp³-hybridized carbons (Fsp3) is 0.0870. The van der Waals surface area contributed by atoms with Crippen molar-refractivity contribution in [1.29, 1.82) is 0 Å². The Morgan fingerprint density at radius 3 is 2.34 bits per heavy atom. The summed E-state index contributed by atoms with van der Waals surface area (Å²) in [5.74, 6) is -1.56. The Bertz CT molecular complexity index is 1470. The van der Waals surface area contributed by atoms with Crippen LogP contribution in [0.15, 0.2) is 60.7 Å². The highest BCUT2D eigenvalue weighted by Gasteiger charge is 2.34. The average Bonchev–Trinajstić information content (AvgIpc) is 3.26. The van der Waals surface area contributed by atoms with Gasteiger partial charge in [-0.15, -0.1) is 11.3 Å². The summed E-state index contributed by atoms with van der Waals surface area (Å²) in [6, 6.07) is 15.5. The number of fused-ring (bicyclic) bond motifs is 1. The molecule has 0 saturated heterocycles. The van der Waals surface area contributed by atoms with Gasteiger partial charge in [-0.1, -0.05) is 42.5 Å². The normalized spacial score (nSPS) is 11.3. The van der Waals surface area contributed by atoms with E-state index in [1.165, 1.54) is 0 Å². The van der Waals surface area contributed by atoms with Crippen LogP contribution in [0.4, 0.5) is 18.9 Å². The molecule has 0 spiro atoms. The first-order valence-corrected chi connectivity index (χ1v) is 10.8. The Hall–Kier alpha value is -4.32. The number of benzene rings is 3. The lowest BCUT2D eigenvalue weighted by Gasteiger charge is -2.12. The van der Waals surface area contributed by atoms with Crippen molar-refractivity contribution in [3.63, 3.8) is 0 Å². The van der Waals surface area contributed by atoms with Crippen LogP contribution in [0.3, 0.4) is 0 Å². The maximum absolute atomic E-state index is 13.1. The zero-order valence-electron chi connectivity index (χ0n) is 17.8. The number of halogens is 3. The lowest BCUT2D eigenvalue weighted by atomic mass is 9.96. The number of carbonyl (C=O) groups excluding carboxylic acids is 2. The zero-order chi connectivity index (χ0) is 25.3. The van der Waals surface area contributed by atoms with Crippen molar-refractivity contribution in [2.45, 2.75) is 13.1 Å². The van der Waals surface area contributed by atoms with Gasteiger partial charge < -0.3 is 0 Å². The molecular weight excluding hydrogens is 485 g/mol. The van der Waals surface area contributed by atoms with Gasteiger partial charge in [-0.05, 0) is 35.7 Å². The van der Waals surface area contributed by atoms with Crippen LogP contribution in [-0.2, 0) is 6.18 Å². The second-order valence-corrected chi connectivity index (χ2v) is 8.37. The van der Waals surface area contributed by atoms with Crippen molar-refractivity contribution >= 4 is 39.1 Å². The SMILES string of the molecule is Cc1c(C(=O)NNC(=O)c2nc3cc(C(F)(F)F)cc([N+](=O)[O-])c3s2)cccc1-c1ccccc1. The van der Waals surface area contributed by atoms with Gasteiger partial charge in [-0.25, -0.2) is 4.98 Å². The predicted molar refractivity (Wildman–Crippen MR) is 123 cm³/mol. The Kier molecular flexibility index (Phi) is 6.22. The second kappa shape index (κ2) is 9.14.